The number of aryl methyl sites for hydroxylation is 2. The minimum absolute atomic E-state index is 0.0327. The molecule has 0 unspecified atom stereocenters. The summed E-state index contributed by atoms with van der Waals surface area (Å²) in [5, 5.41) is 0. The minimum atomic E-state index is -0.0327. The normalized spacial score (nSPS) is 10.5. The molecule has 0 bridgehead atoms. The van der Waals surface area contributed by atoms with E-state index in [0.717, 1.165) is 24.4 Å². The van der Waals surface area contributed by atoms with E-state index in [1.807, 2.05) is 38.1 Å². The Morgan fingerprint density at radius 2 is 2.00 bits per heavy atom. The predicted molar refractivity (Wildman–Crippen MR) is 85.5 cm³/mol. The van der Waals surface area contributed by atoms with Crippen molar-refractivity contribution < 1.29 is 9.53 Å². The lowest BCUT2D eigenvalue weighted by Crippen LogP contribution is -2.11. The fourth-order valence-corrected chi connectivity index (χ4v) is 4.47. The monoisotopic (exact) mass is 402 g/mol. The van der Waals surface area contributed by atoms with Gasteiger partial charge >= 0.3 is 0 Å². The van der Waals surface area contributed by atoms with Crippen LogP contribution in [0.25, 0.3) is 0 Å². The Morgan fingerprint density at radius 3 is 2.63 bits per heavy atom. The zero-order chi connectivity index (χ0) is 14.0. The third kappa shape index (κ3) is 3.68. The molecule has 0 atom stereocenters. The van der Waals surface area contributed by atoms with Crippen LogP contribution in [0, 0.1) is 13.8 Å². The first-order valence-electron chi connectivity index (χ1n) is 5.65. The summed E-state index contributed by atoms with van der Waals surface area (Å²) in [5.74, 6) is 0.730. The fraction of sp³-hybridized carbons (Fsp3) is 0.214. The van der Waals surface area contributed by atoms with Gasteiger partial charge in [0, 0.05) is 5.56 Å². The first kappa shape index (κ1) is 14.8. The number of carbonyl (C=O) groups is 1. The summed E-state index contributed by atoms with van der Waals surface area (Å²) in [5.41, 5.74) is 2.80. The maximum absolute atomic E-state index is 12.1. The molecule has 2 aromatic rings. The number of carbonyl (C=O) groups excluding carboxylic acids is 1. The molecule has 0 radical (unpaired) electrons. The fourth-order valence-electron chi connectivity index (χ4n) is 1.61. The summed E-state index contributed by atoms with van der Waals surface area (Å²) in [4.78, 5) is 12.1. The van der Waals surface area contributed by atoms with Crippen LogP contribution in [0.4, 0.5) is 0 Å². The minimum Gasteiger partial charge on any atom is -0.485 e. The second kappa shape index (κ2) is 6.20. The number of Topliss-reactive ketones (excluding diaryl/α,β-unsaturated/α-hetero) is 1. The first-order valence-corrected chi connectivity index (χ1v) is 8.05. The molecule has 0 saturated heterocycles. The zero-order valence-electron chi connectivity index (χ0n) is 10.5. The molecule has 1 aromatic heterocycles. The first-order chi connectivity index (χ1) is 8.97. The van der Waals surface area contributed by atoms with Gasteiger partial charge in [-0.25, -0.2) is 0 Å². The van der Waals surface area contributed by atoms with Crippen molar-refractivity contribution in [3.05, 3.63) is 48.5 Å². The van der Waals surface area contributed by atoms with Crippen molar-refractivity contribution in [2.45, 2.75) is 13.8 Å². The van der Waals surface area contributed by atoms with E-state index >= 15 is 0 Å². The Kier molecular flexibility index (Phi) is 4.81. The Balaban J connectivity index is 2.08. The lowest BCUT2D eigenvalue weighted by molar-refractivity contribution is 0.0921. The van der Waals surface area contributed by atoms with Gasteiger partial charge in [0.05, 0.1) is 7.57 Å². The molecule has 2 rings (SSSR count). The standard InChI is InChI=1S/C14H12Br2O2S/c1-8-3-4-9(2)12(5-8)18-7-11(17)10-6-13(15)19-14(10)16/h3-6H,7H2,1-2H3. The van der Waals surface area contributed by atoms with Crippen molar-refractivity contribution in [3.8, 4) is 5.75 Å². The van der Waals surface area contributed by atoms with Crippen molar-refractivity contribution in [3.63, 3.8) is 0 Å². The van der Waals surface area contributed by atoms with Gasteiger partial charge in [-0.05, 0) is 69.0 Å². The number of thiophene rings is 1. The van der Waals surface area contributed by atoms with Crippen LogP contribution in [0.5, 0.6) is 5.75 Å². The number of rotatable bonds is 4. The molecule has 0 amide bonds. The van der Waals surface area contributed by atoms with E-state index in [2.05, 4.69) is 31.9 Å². The SMILES string of the molecule is Cc1ccc(C)c(OCC(=O)c2cc(Br)sc2Br)c1. The van der Waals surface area contributed by atoms with Gasteiger partial charge in [0.1, 0.15) is 5.75 Å². The molecule has 0 N–H and O–H groups in total. The number of hydrogen-bond donors (Lipinski definition) is 0. The molecule has 5 heteroatoms. The third-order valence-electron chi connectivity index (χ3n) is 2.66. The smallest absolute Gasteiger partial charge is 0.202 e. The van der Waals surface area contributed by atoms with E-state index in [0.29, 0.717) is 5.56 Å². The van der Waals surface area contributed by atoms with Crippen molar-refractivity contribution in [2.75, 3.05) is 6.61 Å². The lowest BCUT2D eigenvalue weighted by Gasteiger charge is -2.09. The summed E-state index contributed by atoms with van der Waals surface area (Å²) in [7, 11) is 0. The van der Waals surface area contributed by atoms with Crippen LogP contribution in [-0.2, 0) is 0 Å². The lowest BCUT2D eigenvalue weighted by atomic mass is 10.1. The molecular formula is C14H12Br2O2S. The molecule has 19 heavy (non-hydrogen) atoms. The van der Waals surface area contributed by atoms with Crippen LogP contribution in [0.1, 0.15) is 21.5 Å². The molecule has 100 valence electrons. The third-order valence-corrected chi connectivity index (χ3v) is 5.00. The van der Waals surface area contributed by atoms with Crippen LogP contribution in [0.3, 0.4) is 0 Å². The van der Waals surface area contributed by atoms with E-state index in [1.165, 1.54) is 11.3 Å². The van der Waals surface area contributed by atoms with Gasteiger partial charge < -0.3 is 4.74 Å². The Hall–Kier alpha value is -0.650. The topological polar surface area (TPSA) is 26.3 Å². The van der Waals surface area contributed by atoms with Crippen LogP contribution < -0.4 is 4.74 Å². The summed E-state index contributed by atoms with van der Waals surface area (Å²) in [6.07, 6.45) is 0. The van der Waals surface area contributed by atoms with Gasteiger partial charge in [-0.3, -0.25) is 4.79 Å². The number of benzene rings is 1. The highest BCUT2D eigenvalue weighted by Gasteiger charge is 2.14. The van der Waals surface area contributed by atoms with Gasteiger partial charge in [-0.2, -0.15) is 0 Å². The van der Waals surface area contributed by atoms with Crippen molar-refractivity contribution in [2.24, 2.45) is 0 Å². The average molecular weight is 404 g/mol. The highest BCUT2D eigenvalue weighted by Crippen LogP contribution is 2.32. The molecule has 1 aromatic carbocycles. The maximum Gasteiger partial charge on any atom is 0.202 e. The van der Waals surface area contributed by atoms with Crippen molar-refractivity contribution >= 4 is 49.0 Å². The summed E-state index contributed by atoms with van der Waals surface area (Å²) in [6, 6.07) is 7.77. The molecule has 0 aliphatic rings. The Bertz CT molecular complexity index is 620. The van der Waals surface area contributed by atoms with Crippen molar-refractivity contribution in [1.82, 2.24) is 0 Å². The maximum atomic E-state index is 12.1. The quantitative estimate of drug-likeness (QED) is 0.659. The predicted octanol–water partition coefficient (Wildman–Crippen LogP) is 5.15. The number of ketones is 1. The summed E-state index contributed by atoms with van der Waals surface area (Å²) >= 11 is 8.23. The molecule has 0 saturated carbocycles. The Labute approximate surface area is 133 Å². The Morgan fingerprint density at radius 1 is 1.26 bits per heavy atom. The van der Waals surface area contributed by atoms with Gasteiger partial charge in [-0.1, -0.05) is 12.1 Å². The molecule has 1 heterocycles. The molecule has 2 nitrogen and oxygen atoms in total. The highest BCUT2D eigenvalue weighted by molar-refractivity contribution is 9.12. The van der Waals surface area contributed by atoms with Crippen molar-refractivity contribution in [1.29, 1.82) is 0 Å². The van der Waals surface area contributed by atoms with Crippen LogP contribution >= 0.6 is 43.2 Å². The summed E-state index contributed by atoms with van der Waals surface area (Å²) in [6.45, 7) is 4.02. The van der Waals surface area contributed by atoms with Crippen LogP contribution in [0.15, 0.2) is 31.8 Å². The second-order valence-electron chi connectivity index (χ2n) is 4.22. The highest BCUT2D eigenvalue weighted by atomic mass is 79.9. The van der Waals surface area contributed by atoms with E-state index < -0.39 is 0 Å². The molecule has 0 aliphatic heterocycles. The number of ether oxygens (including phenoxy) is 1. The molecule has 0 aliphatic carbocycles. The van der Waals surface area contributed by atoms with Crippen LogP contribution in [-0.4, -0.2) is 12.4 Å². The number of hydrogen-bond acceptors (Lipinski definition) is 3. The van der Waals surface area contributed by atoms with Crippen LogP contribution in [0.2, 0.25) is 0 Å². The molecular weight excluding hydrogens is 392 g/mol. The van der Waals surface area contributed by atoms with Gasteiger partial charge in [-0.15, -0.1) is 11.3 Å². The van der Waals surface area contributed by atoms with Gasteiger partial charge in [0.2, 0.25) is 5.78 Å². The van der Waals surface area contributed by atoms with E-state index in [-0.39, 0.29) is 12.4 Å². The van der Waals surface area contributed by atoms with Gasteiger partial charge in [0.25, 0.3) is 0 Å². The molecule has 0 spiro atoms. The van der Waals surface area contributed by atoms with E-state index in [4.69, 9.17) is 4.74 Å². The second-order valence-corrected chi connectivity index (χ2v) is 7.97. The van der Waals surface area contributed by atoms with E-state index in [9.17, 15) is 4.79 Å². The zero-order valence-corrected chi connectivity index (χ0v) is 14.5. The van der Waals surface area contributed by atoms with Gasteiger partial charge in [0.15, 0.2) is 6.61 Å². The van der Waals surface area contributed by atoms with E-state index in [1.54, 1.807) is 0 Å². The number of halogens is 2. The molecule has 0 fully saturated rings. The average Bonchev–Trinajstić information content (AvgIpc) is 2.69. The summed E-state index contributed by atoms with van der Waals surface area (Å²) < 4.78 is 7.37. The largest absolute Gasteiger partial charge is 0.485 e.